The number of carboxylic acids is 2. The predicted octanol–water partition coefficient (Wildman–Crippen LogP) is -4.18. The molecule has 0 aliphatic rings. The number of aliphatic hydroxyl groups excluding tert-OH is 3. The summed E-state index contributed by atoms with van der Waals surface area (Å²) in [6.07, 6.45) is -1.16. The summed E-state index contributed by atoms with van der Waals surface area (Å²) in [5, 5.41) is 84.3. The number of rotatable bonds is 36. The van der Waals surface area contributed by atoms with E-state index in [1.54, 1.807) is 44.3 Å². The van der Waals surface area contributed by atoms with Gasteiger partial charge >= 0.3 is 11.9 Å². The van der Waals surface area contributed by atoms with Crippen LogP contribution in [-0.4, -0.2) is 199 Å². The Bertz CT molecular complexity index is 2820. The molecule has 2 aromatic carbocycles. The second-order valence-electron chi connectivity index (χ2n) is 20.3. The van der Waals surface area contributed by atoms with E-state index in [2.05, 4.69) is 58.2 Å². The topological polar surface area (TPSA) is 488 Å². The Morgan fingerprint density at radius 1 is 0.612 bits per heavy atom. The lowest BCUT2D eigenvalue weighted by Crippen LogP contribution is -2.62. The molecule has 31 heteroatoms. The zero-order valence-electron chi connectivity index (χ0n) is 47.8. The molecule has 11 atom stereocenters. The fourth-order valence-electron chi connectivity index (χ4n) is 8.14. The molecule has 1 aromatic heterocycles. The van der Waals surface area contributed by atoms with Gasteiger partial charge in [0.15, 0.2) is 0 Å². The summed E-state index contributed by atoms with van der Waals surface area (Å²) in [6.45, 7) is 5.71. The van der Waals surface area contributed by atoms with E-state index in [0.717, 1.165) is 11.8 Å². The molecule has 0 saturated heterocycles. The molecule has 0 unspecified atom stereocenters. The Balaban J connectivity index is 1.80. The zero-order valence-corrected chi connectivity index (χ0v) is 48.6. The Kier molecular flexibility index (Phi) is 29.2. The minimum absolute atomic E-state index is 0.0277. The van der Waals surface area contributed by atoms with Crippen LogP contribution in [-0.2, 0) is 70.4 Å². The third-order valence-electron chi connectivity index (χ3n) is 13.2. The number of aliphatic carboxylic acids is 2. The number of phenolic OH excluding ortho intramolecular Hbond substituents is 1. The number of phenols is 1. The van der Waals surface area contributed by atoms with E-state index >= 15 is 0 Å². The molecule has 3 aromatic rings. The monoisotopic (exact) mass is 1210 g/mol. The van der Waals surface area contributed by atoms with Crippen LogP contribution in [0.1, 0.15) is 71.9 Å². The van der Waals surface area contributed by atoms with Gasteiger partial charge < -0.3 is 94.5 Å². The van der Waals surface area contributed by atoms with Crippen molar-refractivity contribution in [1.82, 2.24) is 58.2 Å². The van der Waals surface area contributed by atoms with Gasteiger partial charge in [0.05, 0.1) is 37.8 Å². The van der Waals surface area contributed by atoms with Crippen LogP contribution in [0.15, 0.2) is 54.7 Å². The summed E-state index contributed by atoms with van der Waals surface area (Å²) in [7, 11) is 0. The smallest absolute Gasteiger partial charge is 0.326 e. The van der Waals surface area contributed by atoms with E-state index in [1.165, 1.54) is 52.0 Å². The molecule has 0 aliphatic carbocycles. The third kappa shape index (κ3) is 23.3. The van der Waals surface area contributed by atoms with Crippen LogP contribution < -0.4 is 58.9 Å². The fourth-order valence-corrected chi connectivity index (χ4v) is 9.03. The summed E-state index contributed by atoms with van der Waals surface area (Å²) in [6, 6.07) is -1.63. The second-order valence-corrected chi connectivity index (χ2v) is 21.4. The fraction of sp³-hybridized carbons (Fsp3) is 0.519. The summed E-state index contributed by atoms with van der Waals surface area (Å²) < 4.78 is 0. The molecule has 0 saturated carbocycles. The number of thioether (sulfide) groups is 1. The highest BCUT2D eigenvalue weighted by Crippen LogP contribution is 2.20. The molecule has 1 heterocycles. The van der Waals surface area contributed by atoms with Gasteiger partial charge in [-0.15, -0.1) is 11.8 Å². The maximum atomic E-state index is 14.1. The number of hydrogen-bond donors (Lipinski definition) is 18. The lowest BCUT2D eigenvalue weighted by atomic mass is 9.99. The number of aromatic nitrogens is 1. The van der Waals surface area contributed by atoms with Crippen molar-refractivity contribution >= 4 is 93.7 Å². The summed E-state index contributed by atoms with van der Waals surface area (Å²) in [5.41, 5.74) is 7.80. The number of benzene rings is 2. The number of aliphatic hydroxyl groups is 3. The first kappa shape index (κ1) is 70.9. The second kappa shape index (κ2) is 35.0. The molecule has 0 fully saturated rings. The van der Waals surface area contributed by atoms with Gasteiger partial charge in [-0.3, -0.25) is 52.7 Å². The number of fused-ring (bicyclic) bond motifs is 1. The van der Waals surface area contributed by atoms with Crippen LogP contribution >= 0.6 is 11.8 Å². The van der Waals surface area contributed by atoms with Crippen molar-refractivity contribution in [1.29, 1.82) is 0 Å². The zero-order chi connectivity index (χ0) is 63.7. The van der Waals surface area contributed by atoms with Crippen LogP contribution in [0.4, 0.5) is 0 Å². The molecular formula is C54H78N12O18S. The largest absolute Gasteiger partial charge is 0.508 e. The van der Waals surface area contributed by atoms with Crippen molar-refractivity contribution < 1.29 is 88.2 Å². The Hall–Kier alpha value is -8.39. The Morgan fingerprint density at radius 2 is 1.15 bits per heavy atom. The van der Waals surface area contributed by atoms with E-state index in [1.807, 2.05) is 0 Å². The molecule has 10 amide bonds. The van der Waals surface area contributed by atoms with Crippen LogP contribution in [0.25, 0.3) is 10.9 Å². The highest BCUT2D eigenvalue weighted by atomic mass is 32.2. The number of carbonyl (C=O) groups is 12. The minimum atomic E-state index is -1.89. The highest BCUT2D eigenvalue weighted by molar-refractivity contribution is 7.99. The number of aromatic hydroxyl groups is 1. The quantitative estimate of drug-likeness (QED) is 0.0194. The average Bonchev–Trinajstić information content (AvgIpc) is 4.16. The van der Waals surface area contributed by atoms with Crippen LogP contribution in [0.2, 0.25) is 0 Å². The van der Waals surface area contributed by atoms with Gasteiger partial charge in [0, 0.05) is 42.6 Å². The van der Waals surface area contributed by atoms with E-state index in [-0.39, 0.29) is 30.2 Å². The number of nitrogens with two attached hydrogens (primary N) is 1. The van der Waals surface area contributed by atoms with Crippen molar-refractivity contribution in [2.24, 2.45) is 17.6 Å². The molecular weight excluding hydrogens is 1140 g/mol. The third-order valence-corrected chi connectivity index (χ3v) is 14.2. The molecule has 468 valence electrons. The first-order valence-corrected chi connectivity index (χ1v) is 28.2. The molecule has 0 spiro atoms. The number of para-hydroxylation sites is 1. The number of carbonyl (C=O) groups excluding carboxylic acids is 10. The van der Waals surface area contributed by atoms with Gasteiger partial charge in [-0.25, -0.2) is 4.79 Å². The van der Waals surface area contributed by atoms with Gasteiger partial charge in [0.1, 0.15) is 54.1 Å². The maximum absolute atomic E-state index is 14.1. The lowest BCUT2D eigenvalue weighted by Gasteiger charge is -2.28. The van der Waals surface area contributed by atoms with Crippen molar-refractivity contribution in [3.8, 4) is 5.75 Å². The van der Waals surface area contributed by atoms with Gasteiger partial charge in [0.2, 0.25) is 59.1 Å². The van der Waals surface area contributed by atoms with Crippen molar-refractivity contribution in [3.63, 3.8) is 0 Å². The first-order chi connectivity index (χ1) is 40.1. The lowest BCUT2D eigenvalue weighted by molar-refractivity contribution is -0.143. The van der Waals surface area contributed by atoms with E-state index in [9.17, 15) is 88.2 Å². The van der Waals surface area contributed by atoms with Gasteiger partial charge in [-0.05, 0) is 60.9 Å². The predicted molar refractivity (Wildman–Crippen MR) is 306 cm³/mol. The number of aromatic amines is 1. The van der Waals surface area contributed by atoms with Gasteiger partial charge in [0.25, 0.3) is 0 Å². The number of hydrogen-bond acceptors (Lipinski definition) is 18. The summed E-state index contributed by atoms with van der Waals surface area (Å²) in [5.74, 6) is -14.3. The van der Waals surface area contributed by atoms with E-state index in [0.29, 0.717) is 28.5 Å². The van der Waals surface area contributed by atoms with E-state index in [4.69, 9.17) is 5.73 Å². The number of nitrogens with one attached hydrogen (secondary N) is 11. The minimum Gasteiger partial charge on any atom is -0.508 e. The molecule has 0 radical (unpaired) electrons. The Labute approximate surface area is 493 Å². The summed E-state index contributed by atoms with van der Waals surface area (Å²) >= 11 is 0.936. The molecule has 0 bridgehead atoms. The van der Waals surface area contributed by atoms with Crippen molar-refractivity contribution in [2.75, 3.05) is 31.4 Å². The van der Waals surface area contributed by atoms with Crippen LogP contribution in [0, 0.1) is 11.8 Å². The average molecular weight is 1220 g/mol. The van der Waals surface area contributed by atoms with Crippen LogP contribution in [0.5, 0.6) is 5.75 Å². The van der Waals surface area contributed by atoms with Crippen LogP contribution in [0.3, 0.4) is 0 Å². The Morgan fingerprint density at radius 3 is 1.73 bits per heavy atom. The molecule has 30 nitrogen and oxygen atoms in total. The maximum Gasteiger partial charge on any atom is 0.326 e. The highest BCUT2D eigenvalue weighted by Gasteiger charge is 2.37. The molecule has 0 aliphatic heterocycles. The molecule has 19 N–H and O–H groups in total. The molecule has 85 heavy (non-hydrogen) atoms. The molecule has 3 rings (SSSR count). The SMILES string of the molecule is CC[C@H](C)[C@H](NC(=O)CNC(=O)[C@H](Cc1c[nH]c2ccccc12)NC(=O)[C@H](CCC(=O)O)NC(=O)[C@H](CO)NC(=O)[C@@H](NC(=O)[C@H](CO)NC(=O)[C@H](CSCNC(C)=O)NC(=O)[C@@H](NC(=O)[C@@H](N)Cc1ccc(O)cc1)[C@@H](C)O)C(C)C)C(=O)O. The number of carboxylic acid groups (broad SMARTS) is 2. The van der Waals surface area contributed by atoms with Crippen molar-refractivity contribution in [3.05, 3.63) is 65.9 Å². The standard InChI is InChI=1S/C54H78N12O18S/c1-7-27(4)44(54(83)84)64-41(72)21-57-47(76)37(19-31-20-56-35-11-9-8-10-33(31)35)60-48(77)36(16-17-42(73)74)59-49(78)38(22-67)62-52(81)43(26(2)3)65-50(79)39(23-68)61-51(80)40(24-85-25-58-29(6)70)63-53(82)45(28(5)69)66-46(75)34(55)18-30-12-14-32(71)15-13-30/h8-15,20,26-28,34,36-40,43-45,56,67-69,71H,7,16-19,21-25,55H2,1-6H3,(H,57,76)(H,58,70)(H,59,78)(H,60,77)(H,61,80)(H,62,81)(H,63,82)(H,64,72)(H,65,79)(H,66,75)(H,73,74)(H,83,84)/t27-,28+,34-,36-,37-,38-,39-,40-,43-,44-,45-/m0/s1. The summed E-state index contributed by atoms with van der Waals surface area (Å²) in [4.78, 5) is 161. The normalized spacial score (nSPS) is 15.0. The number of H-pyrrole nitrogens is 1. The first-order valence-electron chi connectivity index (χ1n) is 27.1. The van der Waals surface area contributed by atoms with Gasteiger partial charge in [-0.1, -0.05) is 64.4 Å². The van der Waals surface area contributed by atoms with Gasteiger partial charge in [-0.2, -0.15) is 0 Å². The number of amides is 10. The van der Waals surface area contributed by atoms with E-state index < -0.39 is 176 Å². The van der Waals surface area contributed by atoms with Crippen molar-refractivity contribution in [2.45, 2.75) is 134 Å².